The smallest absolute Gasteiger partial charge is 0.262 e. The molecule has 4 aromatic rings. The van der Waals surface area contributed by atoms with E-state index in [0.717, 1.165) is 11.3 Å². The molecule has 1 amide bonds. The summed E-state index contributed by atoms with van der Waals surface area (Å²) < 4.78 is 28.4. The topological polar surface area (TPSA) is 153 Å². The first-order valence-electron chi connectivity index (χ1n) is 11.6. The molecule has 0 aromatic carbocycles. The Labute approximate surface area is 208 Å². The predicted octanol–water partition coefficient (Wildman–Crippen LogP) is 1.72. The number of rotatable bonds is 6. The maximum atomic E-state index is 13.2. The molecule has 5 heterocycles. The Morgan fingerprint density at radius 3 is 2.64 bits per heavy atom. The maximum absolute atomic E-state index is 13.2. The molecule has 4 aromatic heterocycles. The van der Waals surface area contributed by atoms with E-state index in [2.05, 4.69) is 20.4 Å². The molecule has 0 radical (unpaired) electrons. The minimum absolute atomic E-state index is 0.0434. The van der Waals surface area contributed by atoms with E-state index in [9.17, 15) is 13.2 Å². The lowest BCUT2D eigenvalue weighted by molar-refractivity contribution is 0.102. The second-order valence-electron chi connectivity index (χ2n) is 8.94. The van der Waals surface area contributed by atoms with Gasteiger partial charge in [0.1, 0.15) is 11.4 Å². The van der Waals surface area contributed by atoms with Gasteiger partial charge in [0.2, 0.25) is 10.0 Å². The minimum Gasteiger partial charge on any atom is -0.324 e. The second kappa shape index (κ2) is 9.41. The summed E-state index contributed by atoms with van der Waals surface area (Å²) in [5, 5.41) is 11.9. The lowest BCUT2D eigenvalue weighted by Gasteiger charge is -2.29. The summed E-state index contributed by atoms with van der Waals surface area (Å²) in [5.74, 6) is 0.627. The zero-order valence-electron chi connectivity index (χ0n) is 19.9. The van der Waals surface area contributed by atoms with Crippen LogP contribution in [0.1, 0.15) is 53.3 Å². The molecule has 1 aliphatic rings. The van der Waals surface area contributed by atoms with Crippen LogP contribution in [0.3, 0.4) is 0 Å². The number of hydrogen-bond acceptors (Lipinski definition) is 8. The van der Waals surface area contributed by atoms with Crippen molar-refractivity contribution in [3.05, 3.63) is 65.9 Å². The van der Waals surface area contributed by atoms with Crippen molar-refractivity contribution in [3.63, 3.8) is 0 Å². The summed E-state index contributed by atoms with van der Waals surface area (Å²) in [6.07, 6.45) is 8.96. The third-order valence-electron chi connectivity index (χ3n) is 6.35. The molecule has 1 saturated heterocycles. The number of carbonyl (C=O) groups excluding carboxylic acids is 1. The van der Waals surface area contributed by atoms with E-state index in [-0.39, 0.29) is 17.9 Å². The average molecular weight is 510 g/mol. The quantitative estimate of drug-likeness (QED) is 0.398. The van der Waals surface area contributed by atoms with Crippen molar-refractivity contribution in [2.75, 3.05) is 24.7 Å². The fourth-order valence-electron chi connectivity index (χ4n) is 4.31. The molecule has 36 heavy (non-hydrogen) atoms. The number of nitrogens with one attached hydrogen (secondary N) is 1. The van der Waals surface area contributed by atoms with Crippen molar-refractivity contribution < 1.29 is 13.2 Å². The van der Waals surface area contributed by atoms with Crippen LogP contribution >= 0.6 is 0 Å². The molecular weight excluding hydrogens is 482 g/mol. The van der Waals surface area contributed by atoms with Crippen molar-refractivity contribution in [2.45, 2.75) is 31.7 Å². The van der Waals surface area contributed by atoms with Gasteiger partial charge in [0.05, 0.1) is 18.1 Å². The number of amides is 1. The molecular formula is C23H27N9O3S. The summed E-state index contributed by atoms with van der Waals surface area (Å²) in [4.78, 5) is 22.0. The Hall–Kier alpha value is -3.68. The number of nitrogens with two attached hydrogens (primary N) is 1. The van der Waals surface area contributed by atoms with E-state index in [4.69, 9.17) is 10.8 Å². The number of fused-ring (bicyclic) bond motifs is 1. The molecule has 1 atom stereocenters. The second-order valence-corrected chi connectivity index (χ2v) is 10.9. The Morgan fingerprint density at radius 2 is 1.97 bits per heavy atom. The Balaban J connectivity index is 1.47. The van der Waals surface area contributed by atoms with E-state index >= 15 is 0 Å². The van der Waals surface area contributed by atoms with E-state index in [1.807, 2.05) is 19.1 Å². The molecule has 1 aliphatic heterocycles. The van der Waals surface area contributed by atoms with Crippen molar-refractivity contribution in [3.8, 4) is 5.82 Å². The largest absolute Gasteiger partial charge is 0.324 e. The summed E-state index contributed by atoms with van der Waals surface area (Å²) in [6.45, 7) is 2.72. The maximum Gasteiger partial charge on any atom is 0.262 e. The molecule has 5 rings (SSSR count). The number of nitrogens with zero attached hydrogens (tertiary/aromatic N) is 7. The number of pyridine rings is 1. The first-order chi connectivity index (χ1) is 17.2. The molecule has 188 valence electrons. The number of carbonyl (C=O) groups is 1. The van der Waals surface area contributed by atoms with Crippen LogP contribution in [0, 0.1) is 0 Å². The number of piperidine rings is 1. The van der Waals surface area contributed by atoms with Gasteiger partial charge in [0, 0.05) is 49.7 Å². The average Bonchev–Trinajstić information content (AvgIpc) is 3.48. The molecule has 1 unspecified atom stereocenters. The predicted molar refractivity (Wildman–Crippen MR) is 133 cm³/mol. The van der Waals surface area contributed by atoms with Gasteiger partial charge in [0.15, 0.2) is 11.5 Å². The fraction of sp³-hybridized carbons (Fsp3) is 0.348. The lowest BCUT2D eigenvalue weighted by Crippen LogP contribution is -2.37. The zero-order chi connectivity index (χ0) is 25.4. The van der Waals surface area contributed by atoms with Crippen LogP contribution in [0.4, 0.5) is 5.82 Å². The Bertz CT molecular complexity index is 1500. The summed E-state index contributed by atoms with van der Waals surface area (Å²) >= 11 is 0. The number of aromatic nitrogens is 6. The van der Waals surface area contributed by atoms with Crippen LogP contribution in [-0.2, 0) is 10.0 Å². The van der Waals surface area contributed by atoms with Crippen LogP contribution in [0.25, 0.3) is 11.5 Å². The van der Waals surface area contributed by atoms with Gasteiger partial charge in [-0.1, -0.05) is 6.07 Å². The monoisotopic (exact) mass is 509 g/mol. The standard InChI is InChI=1S/C23H27N9O3S/c1-15(24)17-4-5-20(26-13-17)32-21(28-23(33)18-14-27-31-9-3-8-25-22(18)31)12-19(29-32)16-6-10-30(11-7-16)36(2,34)35/h3-5,8-9,12-16H,6-7,10-11,24H2,1-2H3,(H,28,33). The number of anilines is 1. The van der Waals surface area contributed by atoms with Crippen molar-refractivity contribution in [1.29, 1.82) is 0 Å². The lowest BCUT2D eigenvalue weighted by atomic mass is 9.95. The van der Waals surface area contributed by atoms with Gasteiger partial charge < -0.3 is 11.1 Å². The third kappa shape index (κ3) is 4.72. The van der Waals surface area contributed by atoms with Gasteiger partial charge in [0.25, 0.3) is 5.91 Å². The molecule has 13 heteroatoms. The highest BCUT2D eigenvalue weighted by molar-refractivity contribution is 7.88. The number of hydrogen-bond donors (Lipinski definition) is 2. The third-order valence-corrected chi connectivity index (χ3v) is 7.65. The molecule has 3 N–H and O–H groups in total. The summed E-state index contributed by atoms with van der Waals surface area (Å²) in [5.41, 5.74) is 8.36. The highest BCUT2D eigenvalue weighted by Crippen LogP contribution is 2.31. The minimum atomic E-state index is -3.23. The highest BCUT2D eigenvalue weighted by Gasteiger charge is 2.28. The van der Waals surface area contributed by atoms with Gasteiger partial charge in [-0.3, -0.25) is 4.79 Å². The highest BCUT2D eigenvalue weighted by atomic mass is 32.2. The van der Waals surface area contributed by atoms with Crippen molar-refractivity contribution >= 4 is 27.4 Å². The molecule has 0 spiro atoms. The van der Waals surface area contributed by atoms with Crippen molar-refractivity contribution in [2.24, 2.45) is 5.73 Å². The Kier molecular flexibility index (Phi) is 6.28. The van der Waals surface area contributed by atoms with Gasteiger partial charge >= 0.3 is 0 Å². The van der Waals surface area contributed by atoms with Crippen molar-refractivity contribution in [1.82, 2.24) is 33.7 Å². The molecule has 12 nitrogen and oxygen atoms in total. The van der Waals surface area contributed by atoms with Gasteiger partial charge in [-0.15, -0.1) is 0 Å². The van der Waals surface area contributed by atoms with Gasteiger partial charge in [-0.25, -0.2) is 27.2 Å². The van der Waals surface area contributed by atoms with Gasteiger partial charge in [-0.05, 0) is 37.5 Å². The van der Waals surface area contributed by atoms with E-state index < -0.39 is 10.0 Å². The van der Waals surface area contributed by atoms with E-state index in [1.54, 1.807) is 35.4 Å². The van der Waals surface area contributed by atoms with E-state index in [0.29, 0.717) is 48.8 Å². The van der Waals surface area contributed by atoms with Crippen LogP contribution in [0.15, 0.2) is 49.1 Å². The van der Waals surface area contributed by atoms with Crippen LogP contribution < -0.4 is 11.1 Å². The van der Waals surface area contributed by atoms with Crippen LogP contribution in [-0.4, -0.2) is 67.3 Å². The zero-order valence-corrected chi connectivity index (χ0v) is 20.8. The number of sulfonamides is 1. The molecule has 1 fully saturated rings. The summed E-state index contributed by atoms with van der Waals surface area (Å²) in [7, 11) is -3.23. The van der Waals surface area contributed by atoms with E-state index in [1.165, 1.54) is 21.3 Å². The van der Waals surface area contributed by atoms with Crippen LogP contribution in [0.2, 0.25) is 0 Å². The van der Waals surface area contributed by atoms with Gasteiger partial charge in [-0.2, -0.15) is 14.9 Å². The van der Waals surface area contributed by atoms with Crippen LogP contribution in [0.5, 0.6) is 0 Å². The molecule has 0 aliphatic carbocycles. The molecule has 0 bridgehead atoms. The molecule has 0 saturated carbocycles. The SMILES string of the molecule is CC(N)c1ccc(-n2nc(C3CCN(S(C)(=O)=O)CC3)cc2NC(=O)c2cnn3cccnc23)nc1. The first-order valence-corrected chi connectivity index (χ1v) is 13.4. The normalized spacial score (nSPS) is 16.3. The Morgan fingerprint density at radius 1 is 1.19 bits per heavy atom. The first kappa shape index (κ1) is 24.0. The summed E-state index contributed by atoms with van der Waals surface area (Å²) in [6, 6.07) is 7.06. The fourth-order valence-corrected chi connectivity index (χ4v) is 5.18.